The largest absolute Gasteiger partial charge is 0.381 e. The standard InChI is InChI=1S/C20H16ClF2N7O3/c21-17-16(23)20(25-8-15(31)18(24)32)27-19(26-17)13-7-14(12-5-6-33-29-12)30(28-13)9-10-3-1-2-4-11(10)22/h1-7,15,31H,8-9H2,(H2,24,32)(H,25,26,27)/t15-/m0/s1. The quantitative estimate of drug-likeness (QED) is 0.329. The van der Waals surface area contributed by atoms with Crippen LogP contribution in [-0.2, 0) is 11.3 Å². The van der Waals surface area contributed by atoms with Gasteiger partial charge >= 0.3 is 0 Å². The molecule has 3 heterocycles. The molecule has 0 unspecified atom stereocenters. The lowest BCUT2D eigenvalue weighted by atomic mass is 10.2. The zero-order valence-corrected chi connectivity index (χ0v) is 17.5. The van der Waals surface area contributed by atoms with Crippen LogP contribution in [-0.4, -0.2) is 48.6 Å². The highest BCUT2D eigenvalue weighted by Crippen LogP contribution is 2.28. The maximum absolute atomic E-state index is 14.4. The van der Waals surface area contributed by atoms with Crippen molar-refractivity contribution in [3.05, 3.63) is 65.0 Å². The topological polar surface area (TPSA) is 145 Å². The Morgan fingerprint density at radius 1 is 1.24 bits per heavy atom. The molecule has 0 aliphatic heterocycles. The molecule has 0 fully saturated rings. The molecule has 0 saturated carbocycles. The van der Waals surface area contributed by atoms with E-state index in [2.05, 4.69) is 25.5 Å². The summed E-state index contributed by atoms with van der Waals surface area (Å²) < 4.78 is 35.0. The van der Waals surface area contributed by atoms with E-state index >= 15 is 0 Å². The number of hydrogen-bond acceptors (Lipinski definition) is 8. The van der Waals surface area contributed by atoms with Crippen LogP contribution in [0.15, 0.2) is 47.2 Å². The van der Waals surface area contributed by atoms with E-state index in [0.717, 1.165) is 0 Å². The molecule has 33 heavy (non-hydrogen) atoms. The molecule has 13 heteroatoms. The maximum Gasteiger partial charge on any atom is 0.248 e. The van der Waals surface area contributed by atoms with Crippen LogP contribution in [0.3, 0.4) is 0 Å². The summed E-state index contributed by atoms with van der Waals surface area (Å²) in [6.45, 7) is -0.343. The summed E-state index contributed by atoms with van der Waals surface area (Å²) >= 11 is 5.91. The van der Waals surface area contributed by atoms with Crippen molar-refractivity contribution in [3.63, 3.8) is 0 Å². The number of nitrogens with two attached hydrogens (primary N) is 1. The lowest BCUT2D eigenvalue weighted by Gasteiger charge is -2.11. The molecule has 4 aromatic rings. The van der Waals surface area contributed by atoms with Gasteiger partial charge in [-0.05, 0) is 12.1 Å². The number of halogens is 3. The summed E-state index contributed by atoms with van der Waals surface area (Å²) in [4.78, 5) is 19.0. The van der Waals surface area contributed by atoms with Gasteiger partial charge < -0.3 is 20.7 Å². The summed E-state index contributed by atoms with van der Waals surface area (Å²) in [5.41, 5.74) is 6.43. The lowest BCUT2D eigenvalue weighted by Crippen LogP contribution is -2.34. The monoisotopic (exact) mass is 475 g/mol. The van der Waals surface area contributed by atoms with Crippen LogP contribution in [0, 0.1) is 11.6 Å². The number of anilines is 1. The van der Waals surface area contributed by atoms with Gasteiger partial charge in [0.25, 0.3) is 0 Å². The molecule has 170 valence electrons. The third kappa shape index (κ3) is 4.81. The number of carbonyl (C=O) groups excluding carboxylic acids is 1. The van der Waals surface area contributed by atoms with Gasteiger partial charge in [-0.2, -0.15) is 9.49 Å². The molecular formula is C20H16ClF2N7O3. The van der Waals surface area contributed by atoms with Gasteiger partial charge in [0.05, 0.1) is 18.8 Å². The Balaban J connectivity index is 1.73. The van der Waals surface area contributed by atoms with Gasteiger partial charge in [-0.1, -0.05) is 35.0 Å². The van der Waals surface area contributed by atoms with E-state index in [4.69, 9.17) is 21.9 Å². The van der Waals surface area contributed by atoms with Crippen molar-refractivity contribution in [2.24, 2.45) is 5.73 Å². The second kappa shape index (κ2) is 9.30. The molecule has 0 aliphatic carbocycles. The summed E-state index contributed by atoms with van der Waals surface area (Å²) in [5, 5.41) is 19.8. The molecule has 4 N–H and O–H groups in total. The molecule has 1 atom stereocenters. The van der Waals surface area contributed by atoms with Gasteiger partial charge in [0.15, 0.2) is 16.8 Å². The van der Waals surface area contributed by atoms with Crippen LogP contribution < -0.4 is 11.1 Å². The van der Waals surface area contributed by atoms with Gasteiger partial charge in [0.2, 0.25) is 11.7 Å². The maximum atomic E-state index is 14.4. The van der Waals surface area contributed by atoms with Crippen LogP contribution in [0.2, 0.25) is 5.15 Å². The molecule has 1 aromatic carbocycles. The molecule has 0 aliphatic rings. The predicted molar refractivity (Wildman–Crippen MR) is 113 cm³/mol. The normalized spacial score (nSPS) is 12.0. The van der Waals surface area contributed by atoms with E-state index in [0.29, 0.717) is 17.0 Å². The number of amides is 1. The fraction of sp³-hybridized carbons (Fsp3) is 0.150. The Hall–Kier alpha value is -3.90. The number of nitrogens with one attached hydrogen (secondary N) is 1. The average Bonchev–Trinajstić information content (AvgIpc) is 3.46. The highest BCUT2D eigenvalue weighted by molar-refractivity contribution is 6.29. The van der Waals surface area contributed by atoms with E-state index in [1.807, 2.05) is 0 Å². The lowest BCUT2D eigenvalue weighted by molar-refractivity contribution is -0.125. The van der Waals surface area contributed by atoms with Crippen LogP contribution in [0.4, 0.5) is 14.6 Å². The van der Waals surface area contributed by atoms with Crippen molar-refractivity contribution < 1.29 is 23.2 Å². The number of aliphatic hydroxyl groups excluding tert-OH is 1. The van der Waals surface area contributed by atoms with Gasteiger partial charge in [0, 0.05) is 11.6 Å². The Kier molecular flexibility index (Phi) is 6.29. The molecule has 0 radical (unpaired) electrons. The molecule has 0 spiro atoms. The molecule has 4 rings (SSSR count). The number of nitrogens with zero attached hydrogens (tertiary/aromatic N) is 5. The zero-order chi connectivity index (χ0) is 23.5. The number of benzene rings is 1. The van der Waals surface area contributed by atoms with Crippen molar-refractivity contribution in [1.29, 1.82) is 0 Å². The number of primary amides is 1. The van der Waals surface area contributed by atoms with Crippen LogP contribution in [0.25, 0.3) is 22.9 Å². The van der Waals surface area contributed by atoms with Crippen molar-refractivity contribution in [2.75, 3.05) is 11.9 Å². The molecule has 0 saturated heterocycles. The third-order valence-corrected chi connectivity index (χ3v) is 4.84. The molecule has 1 amide bonds. The third-order valence-electron chi connectivity index (χ3n) is 4.59. The van der Waals surface area contributed by atoms with E-state index < -0.39 is 35.3 Å². The molecule has 0 bridgehead atoms. The van der Waals surface area contributed by atoms with Crippen molar-refractivity contribution in [1.82, 2.24) is 24.9 Å². The van der Waals surface area contributed by atoms with Crippen LogP contribution >= 0.6 is 11.6 Å². The highest BCUT2D eigenvalue weighted by Gasteiger charge is 2.21. The number of rotatable bonds is 8. The fourth-order valence-corrected chi connectivity index (χ4v) is 3.10. The van der Waals surface area contributed by atoms with Crippen molar-refractivity contribution in [2.45, 2.75) is 12.6 Å². The van der Waals surface area contributed by atoms with Crippen LogP contribution in [0.5, 0.6) is 0 Å². The van der Waals surface area contributed by atoms with Gasteiger partial charge in [-0.15, -0.1) is 0 Å². The predicted octanol–water partition coefficient (Wildman–Crippen LogP) is 2.23. The van der Waals surface area contributed by atoms with E-state index in [-0.39, 0.29) is 23.9 Å². The van der Waals surface area contributed by atoms with Gasteiger partial charge in [0.1, 0.15) is 29.6 Å². The first-order valence-corrected chi connectivity index (χ1v) is 9.88. The van der Waals surface area contributed by atoms with E-state index in [1.165, 1.54) is 17.0 Å². The number of hydrogen-bond donors (Lipinski definition) is 3. The average molecular weight is 476 g/mol. The minimum Gasteiger partial charge on any atom is -0.381 e. The Labute approximate surface area is 190 Å². The SMILES string of the molecule is NC(=O)[C@@H](O)CNc1nc(-c2cc(-c3ccon3)n(Cc3ccccc3F)n2)nc(Cl)c1F. The fourth-order valence-electron chi connectivity index (χ4n) is 2.93. The summed E-state index contributed by atoms with van der Waals surface area (Å²) in [6, 6.07) is 9.36. The Morgan fingerprint density at radius 2 is 2.03 bits per heavy atom. The molecular weight excluding hydrogens is 460 g/mol. The van der Waals surface area contributed by atoms with E-state index in [1.54, 1.807) is 30.3 Å². The minimum absolute atomic E-state index is 0.0553. The van der Waals surface area contributed by atoms with Gasteiger partial charge in [-0.3, -0.25) is 9.48 Å². The molecule has 3 aromatic heterocycles. The van der Waals surface area contributed by atoms with Crippen LogP contribution in [0.1, 0.15) is 5.56 Å². The second-order valence-electron chi connectivity index (χ2n) is 6.85. The number of aliphatic hydroxyl groups is 1. The summed E-state index contributed by atoms with van der Waals surface area (Å²) in [6.07, 6.45) is -0.201. The van der Waals surface area contributed by atoms with Gasteiger partial charge in [-0.25, -0.2) is 14.4 Å². The van der Waals surface area contributed by atoms with E-state index in [9.17, 15) is 18.7 Å². The smallest absolute Gasteiger partial charge is 0.248 e. The summed E-state index contributed by atoms with van der Waals surface area (Å²) in [5.74, 6) is -2.82. The number of carbonyl (C=O) groups is 1. The first-order chi connectivity index (χ1) is 15.8. The number of aromatic nitrogens is 5. The Morgan fingerprint density at radius 3 is 2.73 bits per heavy atom. The summed E-state index contributed by atoms with van der Waals surface area (Å²) in [7, 11) is 0. The van der Waals surface area contributed by atoms with Crippen molar-refractivity contribution in [3.8, 4) is 22.9 Å². The second-order valence-corrected chi connectivity index (χ2v) is 7.21. The highest BCUT2D eigenvalue weighted by atomic mass is 35.5. The molecule has 10 nitrogen and oxygen atoms in total. The minimum atomic E-state index is -1.57. The van der Waals surface area contributed by atoms with Crippen molar-refractivity contribution >= 4 is 23.3 Å². The first kappa shape index (κ1) is 22.3. The Bertz CT molecular complexity index is 1300. The zero-order valence-electron chi connectivity index (χ0n) is 16.7. The first-order valence-electron chi connectivity index (χ1n) is 9.50.